The van der Waals surface area contributed by atoms with Crippen LogP contribution in [0.5, 0.6) is 5.75 Å². The number of hydrogen-bond acceptors (Lipinski definition) is 4. The number of aromatic carboxylic acids is 1. The zero-order chi connectivity index (χ0) is 14.4. The van der Waals surface area contributed by atoms with Crippen LogP contribution >= 0.6 is 0 Å². The van der Waals surface area contributed by atoms with Gasteiger partial charge in [0.05, 0.1) is 24.9 Å². The van der Waals surface area contributed by atoms with Gasteiger partial charge in [-0.3, -0.25) is 9.59 Å². The van der Waals surface area contributed by atoms with Crippen molar-refractivity contribution < 1.29 is 24.2 Å². The fourth-order valence-electron chi connectivity index (χ4n) is 1.34. The largest absolute Gasteiger partial charge is 0.495 e. The first-order chi connectivity index (χ1) is 8.93. The van der Waals surface area contributed by atoms with Gasteiger partial charge in [0.15, 0.2) is 0 Å². The second-order valence-corrected chi connectivity index (χ2v) is 3.68. The standard InChI is InChI=1S/C12H14N2O5/c1-7(15)13-6-11(16)14-9-5-8(12(17)18)3-4-10(9)19-2/h3-5H,6H2,1-2H3,(H,13,15)(H,14,16)(H,17,18). The molecule has 0 atom stereocenters. The molecule has 0 saturated carbocycles. The van der Waals surface area contributed by atoms with Crippen LogP contribution in [0, 0.1) is 0 Å². The quantitative estimate of drug-likeness (QED) is 0.718. The molecule has 102 valence electrons. The average molecular weight is 266 g/mol. The number of nitrogens with one attached hydrogen (secondary N) is 2. The highest BCUT2D eigenvalue weighted by Gasteiger charge is 2.11. The van der Waals surface area contributed by atoms with Crippen LogP contribution in [0.4, 0.5) is 5.69 Å². The Morgan fingerprint density at radius 2 is 2.00 bits per heavy atom. The first-order valence-electron chi connectivity index (χ1n) is 5.39. The number of carboxylic acid groups (broad SMARTS) is 1. The van der Waals surface area contributed by atoms with Gasteiger partial charge in [-0.25, -0.2) is 4.79 Å². The highest BCUT2D eigenvalue weighted by molar-refractivity contribution is 5.97. The Balaban J connectivity index is 2.85. The van der Waals surface area contributed by atoms with E-state index in [1.54, 1.807) is 0 Å². The fraction of sp³-hybridized carbons (Fsp3) is 0.250. The summed E-state index contributed by atoms with van der Waals surface area (Å²) < 4.78 is 5.01. The second-order valence-electron chi connectivity index (χ2n) is 3.68. The lowest BCUT2D eigenvalue weighted by Crippen LogP contribution is -2.31. The third-order valence-electron chi connectivity index (χ3n) is 2.22. The van der Waals surface area contributed by atoms with E-state index in [1.807, 2.05) is 0 Å². The van der Waals surface area contributed by atoms with E-state index in [9.17, 15) is 14.4 Å². The summed E-state index contributed by atoms with van der Waals surface area (Å²) in [4.78, 5) is 33.1. The number of methoxy groups -OCH3 is 1. The van der Waals surface area contributed by atoms with Gasteiger partial charge in [0.2, 0.25) is 11.8 Å². The molecule has 1 aromatic carbocycles. The van der Waals surface area contributed by atoms with Gasteiger partial charge >= 0.3 is 5.97 Å². The number of carboxylic acids is 1. The van der Waals surface area contributed by atoms with Crippen molar-refractivity contribution in [1.82, 2.24) is 5.32 Å². The van der Waals surface area contributed by atoms with Crippen LogP contribution < -0.4 is 15.4 Å². The molecule has 1 rings (SSSR count). The summed E-state index contributed by atoms with van der Waals surface area (Å²) in [7, 11) is 1.40. The molecule has 0 unspecified atom stereocenters. The van der Waals surface area contributed by atoms with Gasteiger partial charge in [0, 0.05) is 6.92 Å². The molecule has 7 heteroatoms. The zero-order valence-corrected chi connectivity index (χ0v) is 10.5. The minimum absolute atomic E-state index is 0.0237. The highest BCUT2D eigenvalue weighted by atomic mass is 16.5. The molecule has 2 amide bonds. The summed E-state index contributed by atoms with van der Waals surface area (Å²) >= 11 is 0. The first kappa shape index (κ1) is 14.5. The van der Waals surface area contributed by atoms with Crippen LogP contribution in [0.3, 0.4) is 0 Å². The van der Waals surface area contributed by atoms with E-state index in [4.69, 9.17) is 9.84 Å². The minimum Gasteiger partial charge on any atom is -0.495 e. The lowest BCUT2D eigenvalue weighted by Gasteiger charge is -2.11. The third kappa shape index (κ3) is 4.30. The molecular formula is C12H14N2O5. The molecule has 0 aliphatic carbocycles. The summed E-state index contributed by atoms with van der Waals surface area (Å²) in [6, 6.07) is 4.09. The van der Waals surface area contributed by atoms with E-state index in [0.29, 0.717) is 5.75 Å². The lowest BCUT2D eigenvalue weighted by molar-refractivity contribution is -0.122. The van der Waals surface area contributed by atoms with Crippen molar-refractivity contribution in [2.75, 3.05) is 19.0 Å². The number of ether oxygens (including phenoxy) is 1. The normalized spacial score (nSPS) is 9.58. The Hall–Kier alpha value is -2.57. The predicted molar refractivity (Wildman–Crippen MR) is 67.3 cm³/mol. The topological polar surface area (TPSA) is 105 Å². The molecule has 0 radical (unpaired) electrons. The second kappa shape index (κ2) is 6.39. The van der Waals surface area contributed by atoms with Crippen molar-refractivity contribution in [3.05, 3.63) is 23.8 Å². The molecule has 0 bridgehead atoms. The Morgan fingerprint density at radius 1 is 1.32 bits per heavy atom. The molecule has 0 spiro atoms. The minimum atomic E-state index is -1.11. The van der Waals surface area contributed by atoms with Crippen LogP contribution in [-0.4, -0.2) is 36.5 Å². The van der Waals surface area contributed by atoms with Crippen LogP contribution in [0.2, 0.25) is 0 Å². The average Bonchev–Trinajstić information content (AvgIpc) is 2.36. The lowest BCUT2D eigenvalue weighted by atomic mass is 10.2. The van der Waals surface area contributed by atoms with Crippen molar-refractivity contribution >= 4 is 23.5 Å². The van der Waals surface area contributed by atoms with Gasteiger partial charge in [-0.15, -0.1) is 0 Å². The maximum atomic E-state index is 11.5. The molecule has 1 aromatic rings. The number of anilines is 1. The number of carbonyl (C=O) groups excluding carboxylic acids is 2. The smallest absolute Gasteiger partial charge is 0.335 e. The molecule has 7 nitrogen and oxygen atoms in total. The van der Waals surface area contributed by atoms with Gasteiger partial charge in [0.1, 0.15) is 5.75 Å². The molecule has 19 heavy (non-hydrogen) atoms. The van der Waals surface area contributed by atoms with Crippen molar-refractivity contribution in [1.29, 1.82) is 0 Å². The zero-order valence-electron chi connectivity index (χ0n) is 10.5. The van der Waals surface area contributed by atoms with Gasteiger partial charge < -0.3 is 20.5 Å². The summed E-state index contributed by atoms with van der Waals surface area (Å²) in [5.74, 6) is -1.58. The van der Waals surface area contributed by atoms with Crippen LogP contribution in [0.25, 0.3) is 0 Å². The molecule has 0 fully saturated rings. The molecule has 0 heterocycles. The summed E-state index contributed by atoms with van der Waals surface area (Å²) in [5.41, 5.74) is 0.258. The number of carbonyl (C=O) groups is 3. The van der Waals surface area contributed by atoms with E-state index in [-0.39, 0.29) is 23.7 Å². The number of rotatable bonds is 5. The van der Waals surface area contributed by atoms with E-state index in [0.717, 1.165) is 0 Å². The summed E-state index contributed by atoms with van der Waals surface area (Å²) in [5, 5.41) is 13.7. The molecule has 0 aromatic heterocycles. The van der Waals surface area contributed by atoms with Gasteiger partial charge in [-0.1, -0.05) is 0 Å². The van der Waals surface area contributed by atoms with Crippen molar-refractivity contribution in [2.45, 2.75) is 6.92 Å². The van der Waals surface area contributed by atoms with Crippen LogP contribution in [0.15, 0.2) is 18.2 Å². The Morgan fingerprint density at radius 3 is 2.53 bits per heavy atom. The van der Waals surface area contributed by atoms with Gasteiger partial charge in [0.25, 0.3) is 0 Å². The number of hydrogen-bond donors (Lipinski definition) is 3. The molecule has 3 N–H and O–H groups in total. The van der Waals surface area contributed by atoms with E-state index >= 15 is 0 Å². The maximum absolute atomic E-state index is 11.5. The Kier molecular flexibility index (Phi) is 4.87. The van der Waals surface area contributed by atoms with Crippen molar-refractivity contribution in [3.63, 3.8) is 0 Å². The summed E-state index contributed by atoms with van der Waals surface area (Å²) in [6.45, 7) is 1.09. The SMILES string of the molecule is COc1ccc(C(=O)O)cc1NC(=O)CNC(C)=O. The third-order valence-corrected chi connectivity index (χ3v) is 2.22. The monoisotopic (exact) mass is 266 g/mol. The van der Waals surface area contributed by atoms with Crippen LogP contribution in [-0.2, 0) is 9.59 Å². The van der Waals surface area contributed by atoms with E-state index < -0.39 is 11.9 Å². The maximum Gasteiger partial charge on any atom is 0.335 e. The Labute approximate surface area is 109 Å². The van der Waals surface area contributed by atoms with E-state index in [1.165, 1.54) is 32.2 Å². The fourth-order valence-corrected chi connectivity index (χ4v) is 1.34. The first-order valence-corrected chi connectivity index (χ1v) is 5.39. The number of amides is 2. The van der Waals surface area contributed by atoms with E-state index in [2.05, 4.69) is 10.6 Å². The number of benzene rings is 1. The molecule has 0 saturated heterocycles. The van der Waals surface area contributed by atoms with Crippen molar-refractivity contribution in [3.8, 4) is 5.75 Å². The molecular weight excluding hydrogens is 252 g/mol. The predicted octanol–water partition coefficient (Wildman–Crippen LogP) is 0.468. The highest BCUT2D eigenvalue weighted by Crippen LogP contribution is 2.25. The van der Waals surface area contributed by atoms with Crippen LogP contribution in [0.1, 0.15) is 17.3 Å². The van der Waals surface area contributed by atoms with Gasteiger partial charge in [-0.2, -0.15) is 0 Å². The van der Waals surface area contributed by atoms with Gasteiger partial charge in [-0.05, 0) is 18.2 Å². The summed E-state index contributed by atoms with van der Waals surface area (Å²) in [6.07, 6.45) is 0. The van der Waals surface area contributed by atoms with Crippen molar-refractivity contribution in [2.24, 2.45) is 0 Å². The molecule has 0 aliphatic rings. The molecule has 0 aliphatic heterocycles. The Bertz CT molecular complexity index is 513.